The summed E-state index contributed by atoms with van der Waals surface area (Å²) in [6, 6.07) is 0.0546. The lowest BCUT2D eigenvalue weighted by atomic mass is 10.3. The molecule has 4 nitrogen and oxygen atoms in total. The van der Waals surface area contributed by atoms with E-state index in [-0.39, 0.29) is 18.4 Å². The molecule has 0 spiro atoms. The van der Waals surface area contributed by atoms with E-state index in [4.69, 9.17) is 0 Å². The quantitative estimate of drug-likeness (QED) is 0.493. The normalized spacial score (nSPS) is 19.3. The summed E-state index contributed by atoms with van der Waals surface area (Å²) in [6.45, 7) is 3.85. The lowest BCUT2D eigenvalue weighted by Gasteiger charge is -2.18. The molecule has 0 unspecified atom stereocenters. The van der Waals surface area contributed by atoms with E-state index in [2.05, 4.69) is 5.43 Å². The van der Waals surface area contributed by atoms with Crippen LogP contribution in [0.1, 0.15) is 13.8 Å². The van der Waals surface area contributed by atoms with E-state index in [1.807, 2.05) is 13.8 Å². The van der Waals surface area contributed by atoms with Gasteiger partial charge in [0.05, 0.1) is 6.54 Å². The summed E-state index contributed by atoms with van der Waals surface area (Å²) < 4.78 is 0. The first-order chi connectivity index (χ1) is 4.63. The van der Waals surface area contributed by atoms with E-state index in [9.17, 15) is 9.59 Å². The van der Waals surface area contributed by atoms with Crippen molar-refractivity contribution in [3.8, 4) is 0 Å². The van der Waals surface area contributed by atoms with Gasteiger partial charge in [-0.3, -0.25) is 14.6 Å². The van der Waals surface area contributed by atoms with Crippen molar-refractivity contribution in [2.24, 2.45) is 0 Å². The molecule has 1 saturated heterocycles. The van der Waals surface area contributed by atoms with Crippen LogP contribution in [0.15, 0.2) is 0 Å². The Kier molecular flexibility index (Phi) is 1.72. The number of ketones is 1. The Labute approximate surface area is 59.2 Å². The van der Waals surface area contributed by atoms with Crippen molar-refractivity contribution in [3.05, 3.63) is 0 Å². The smallest absolute Gasteiger partial charge is 0.287 e. The maximum atomic E-state index is 10.9. The highest BCUT2D eigenvalue weighted by atomic mass is 16.2. The summed E-state index contributed by atoms with van der Waals surface area (Å²) >= 11 is 0. The average molecular weight is 142 g/mol. The maximum Gasteiger partial charge on any atom is 0.305 e. The van der Waals surface area contributed by atoms with Gasteiger partial charge in [0.25, 0.3) is 0 Å². The molecule has 56 valence electrons. The van der Waals surface area contributed by atoms with Crippen molar-refractivity contribution >= 4 is 11.7 Å². The number of hydrogen-bond acceptors (Lipinski definition) is 3. The van der Waals surface area contributed by atoms with Gasteiger partial charge >= 0.3 is 5.91 Å². The van der Waals surface area contributed by atoms with E-state index in [1.165, 1.54) is 5.01 Å². The minimum atomic E-state index is -0.421. The molecule has 1 aliphatic heterocycles. The molecule has 1 rings (SSSR count). The number of carbonyl (C=O) groups excluding carboxylic acids is 2. The van der Waals surface area contributed by atoms with E-state index in [1.54, 1.807) is 0 Å². The molecule has 0 saturated carbocycles. The zero-order chi connectivity index (χ0) is 7.72. The summed E-state index contributed by atoms with van der Waals surface area (Å²) in [5.74, 6) is -0.774. The molecule has 10 heavy (non-hydrogen) atoms. The zero-order valence-corrected chi connectivity index (χ0v) is 6.05. The van der Waals surface area contributed by atoms with Crippen LogP contribution >= 0.6 is 0 Å². The molecule has 4 heteroatoms. The highest BCUT2D eigenvalue weighted by molar-refractivity contribution is 6.38. The number of hydrazine groups is 1. The van der Waals surface area contributed by atoms with Gasteiger partial charge < -0.3 is 0 Å². The van der Waals surface area contributed by atoms with Crippen LogP contribution < -0.4 is 5.43 Å². The van der Waals surface area contributed by atoms with Crippen molar-refractivity contribution in [2.75, 3.05) is 6.54 Å². The Morgan fingerprint density at radius 1 is 1.50 bits per heavy atom. The van der Waals surface area contributed by atoms with Crippen LogP contribution in [0.25, 0.3) is 0 Å². The first-order valence-corrected chi connectivity index (χ1v) is 3.23. The molecule has 0 aromatic rings. The van der Waals surface area contributed by atoms with E-state index in [0.717, 1.165) is 0 Å². The van der Waals surface area contributed by atoms with Crippen LogP contribution in [0.4, 0.5) is 0 Å². The van der Waals surface area contributed by atoms with Crippen LogP contribution in [0, 0.1) is 0 Å². The number of amides is 1. The highest BCUT2D eigenvalue weighted by Gasteiger charge is 2.30. The van der Waals surface area contributed by atoms with Gasteiger partial charge in [-0.25, -0.2) is 5.43 Å². The molecule has 0 radical (unpaired) electrons. The van der Waals surface area contributed by atoms with Crippen molar-refractivity contribution < 1.29 is 9.59 Å². The van der Waals surface area contributed by atoms with E-state index < -0.39 is 5.91 Å². The second kappa shape index (κ2) is 2.38. The monoisotopic (exact) mass is 142 g/mol. The first kappa shape index (κ1) is 7.21. The molecule has 0 aliphatic carbocycles. The second-order valence-corrected chi connectivity index (χ2v) is 2.53. The third kappa shape index (κ3) is 1.02. The van der Waals surface area contributed by atoms with Crippen LogP contribution in [-0.4, -0.2) is 29.3 Å². The molecule has 0 aromatic heterocycles. The van der Waals surface area contributed by atoms with Crippen LogP contribution in [-0.2, 0) is 9.59 Å². The van der Waals surface area contributed by atoms with E-state index >= 15 is 0 Å². The third-order valence-electron chi connectivity index (χ3n) is 1.38. The van der Waals surface area contributed by atoms with Gasteiger partial charge in [0.15, 0.2) is 0 Å². The fourth-order valence-corrected chi connectivity index (χ4v) is 0.856. The molecule has 0 bridgehead atoms. The number of Topliss-reactive ketones (excluding diaryl/α,β-unsaturated/α-hetero) is 1. The Bertz CT molecular complexity index is 177. The van der Waals surface area contributed by atoms with E-state index in [0.29, 0.717) is 0 Å². The van der Waals surface area contributed by atoms with Crippen LogP contribution in [0.3, 0.4) is 0 Å². The van der Waals surface area contributed by atoms with Gasteiger partial charge in [-0.05, 0) is 13.8 Å². The molecular weight excluding hydrogens is 132 g/mol. The van der Waals surface area contributed by atoms with Crippen molar-refractivity contribution in [3.63, 3.8) is 0 Å². The first-order valence-electron chi connectivity index (χ1n) is 3.23. The van der Waals surface area contributed by atoms with Gasteiger partial charge in [0.1, 0.15) is 0 Å². The number of nitrogens with one attached hydrogen (secondary N) is 1. The van der Waals surface area contributed by atoms with Crippen molar-refractivity contribution in [1.82, 2.24) is 10.4 Å². The number of hydrogen-bond donors (Lipinski definition) is 1. The van der Waals surface area contributed by atoms with Gasteiger partial charge in [0, 0.05) is 6.04 Å². The number of carbonyl (C=O) groups is 2. The second-order valence-electron chi connectivity index (χ2n) is 2.53. The summed E-state index contributed by atoms with van der Waals surface area (Å²) in [6.07, 6.45) is 0. The SMILES string of the molecule is CC(C)N1NCC(=O)C1=O. The standard InChI is InChI=1S/C6H10N2O2/c1-4(2)8-6(10)5(9)3-7-8/h4,7H,3H2,1-2H3. The summed E-state index contributed by atoms with van der Waals surface area (Å²) in [7, 11) is 0. The summed E-state index contributed by atoms with van der Waals surface area (Å²) in [4.78, 5) is 21.5. The van der Waals surface area contributed by atoms with Crippen molar-refractivity contribution in [2.45, 2.75) is 19.9 Å². The van der Waals surface area contributed by atoms with Gasteiger partial charge in [-0.15, -0.1) is 0 Å². The largest absolute Gasteiger partial charge is 0.305 e. The van der Waals surface area contributed by atoms with Gasteiger partial charge in [-0.2, -0.15) is 0 Å². The number of nitrogens with zero attached hydrogens (tertiary/aromatic N) is 1. The molecule has 0 atom stereocenters. The Hall–Kier alpha value is -0.900. The van der Waals surface area contributed by atoms with Gasteiger partial charge in [0.2, 0.25) is 5.78 Å². The lowest BCUT2D eigenvalue weighted by Crippen LogP contribution is -2.40. The minimum absolute atomic E-state index is 0.0546. The van der Waals surface area contributed by atoms with Crippen molar-refractivity contribution in [1.29, 1.82) is 0 Å². The summed E-state index contributed by atoms with van der Waals surface area (Å²) in [5, 5.41) is 1.35. The van der Waals surface area contributed by atoms with Gasteiger partial charge in [-0.1, -0.05) is 0 Å². The predicted molar refractivity (Wildman–Crippen MR) is 35.0 cm³/mol. The topological polar surface area (TPSA) is 49.4 Å². The molecule has 1 fully saturated rings. The lowest BCUT2D eigenvalue weighted by molar-refractivity contribution is -0.141. The molecule has 1 aliphatic rings. The number of rotatable bonds is 1. The predicted octanol–water partition coefficient (Wildman–Crippen LogP) is -0.689. The fraction of sp³-hybridized carbons (Fsp3) is 0.667. The molecule has 0 aromatic carbocycles. The maximum absolute atomic E-state index is 10.9. The Morgan fingerprint density at radius 3 is 2.30 bits per heavy atom. The molecule has 1 heterocycles. The Balaban J connectivity index is 2.66. The highest BCUT2D eigenvalue weighted by Crippen LogP contribution is 2.00. The summed E-state index contributed by atoms with van der Waals surface area (Å²) in [5.41, 5.74) is 2.69. The zero-order valence-electron chi connectivity index (χ0n) is 6.05. The molecule has 1 N–H and O–H groups in total. The fourth-order valence-electron chi connectivity index (χ4n) is 0.856. The van der Waals surface area contributed by atoms with Crippen LogP contribution in [0.5, 0.6) is 0 Å². The molecular formula is C6H10N2O2. The Morgan fingerprint density at radius 2 is 2.10 bits per heavy atom. The average Bonchev–Trinajstić information content (AvgIpc) is 2.14. The van der Waals surface area contributed by atoms with Crippen LogP contribution in [0.2, 0.25) is 0 Å². The minimum Gasteiger partial charge on any atom is -0.287 e. The third-order valence-corrected chi connectivity index (χ3v) is 1.38. The molecule has 1 amide bonds.